The zero-order chi connectivity index (χ0) is 31.6. The van der Waals surface area contributed by atoms with Gasteiger partial charge >= 0.3 is 0 Å². The van der Waals surface area contributed by atoms with Crippen molar-refractivity contribution in [2.24, 2.45) is 28.9 Å². The number of carbonyl (C=O) groups excluding carboxylic acids is 1. The molecule has 4 aliphatic rings. The average molecular weight is 624 g/mol. The van der Waals surface area contributed by atoms with Gasteiger partial charge in [0.25, 0.3) is 0 Å². The first kappa shape index (κ1) is 34.7. The molecule has 18 nitrogen and oxygen atoms in total. The molecule has 16 unspecified atom stereocenters. The summed E-state index contributed by atoms with van der Waals surface area (Å²) in [5, 5.41) is 83.6. The first-order chi connectivity index (χ1) is 20.4. The van der Waals surface area contributed by atoms with Crippen LogP contribution in [0.3, 0.4) is 0 Å². The summed E-state index contributed by atoms with van der Waals surface area (Å²) < 4.78 is 17.8. The van der Waals surface area contributed by atoms with E-state index in [-0.39, 0.29) is 32.0 Å². The fourth-order valence-corrected chi connectivity index (χ4v) is 6.39. The third-order valence-electron chi connectivity index (χ3n) is 9.05. The zero-order valence-electron chi connectivity index (χ0n) is 23.8. The molecule has 0 spiro atoms. The third kappa shape index (κ3) is 7.30. The van der Waals surface area contributed by atoms with Crippen molar-refractivity contribution < 1.29 is 54.8 Å². The van der Waals surface area contributed by atoms with Gasteiger partial charge in [-0.25, -0.2) is 0 Å². The Morgan fingerprint density at radius 2 is 1.67 bits per heavy atom. The monoisotopic (exact) mass is 623 g/mol. The molecule has 3 heterocycles. The topological polar surface area (TPSA) is 327 Å². The second-order valence-corrected chi connectivity index (χ2v) is 12.0. The Labute approximate surface area is 249 Å². The number of aliphatic hydroxyl groups is 7. The molecule has 43 heavy (non-hydrogen) atoms. The molecule has 0 bridgehead atoms. The molecule has 18 N–H and O–H groups in total. The smallest absolute Gasteiger partial charge is 0.249 e. The minimum absolute atomic E-state index is 0.0160. The molecule has 1 aliphatic carbocycles. The molecular weight excluding hydrogens is 574 g/mol. The summed E-state index contributed by atoms with van der Waals surface area (Å²) >= 11 is 0. The van der Waals surface area contributed by atoms with Gasteiger partial charge in [0.2, 0.25) is 5.91 Å². The van der Waals surface area contributed by atoms with Crippen LogP contribution in [0, 0.1) is 5.92 Å². The Hall–Kier alpha value is -1.17. The molecule has 3 saturated heterocycles. The highest BCUT2D eigenvalue weighted by atomic mass is 16.7. The first-order valence-electron chi connectivity index (χ1n) is 14.8. The van der Waals surface area contributed by atoms with Crippen molar-refractivity contribution in [3.63, 3.8) is 0 Å². The van der Waals surface area contributed by atoms with Crippen LogP contribution in [-0.2, 0) is 19.0 Å². The van der Waals surface area contributed by atoms with Crippen LogP contribution in [0.5, 0.6) is 0 Å². The van der Waals surface area contributed by atoms with Gasteiger partial charge in [0, 0.05) is 37.6 Å². The van der Waals surface area contributed by atoms with E-state index in [4.69, 9.17) is 37.1 Å². The molecule has 1 amide bonds. The summed E-state index contributed by atoms with van der Waals surface area (Å²) in [6.07, 6.45) is -14.8. The normalized spacial score (nSPS) is 46.6. The highest BCUT2D eigenvalue weighted by Crippen LogP contribution is 2.37. The van der Waals surface area contributed by atoms with Crippen LogP contribution < -0.4 is 38.9 Å². The molecule has 1 saturated carbocycles. The van der Waals surface area contributed by atoms with Crippen LogP contribution in [-0.4, -0.2) is 172 Å². The third-order valence-corrected chi connectivity index (χ3v) is 9.05. The second-order valence-electron chi connectivity index (χ2n) is 12.0. The second kappa shape index (κ2) is 14.9. The number of rotatable bonds is 11. The number of carbonyl (C=O) groups is 1. The van der Waals surface area contributed by atoms with Crippen molar-refractivity contribution >= 4 is 5.91 Å². The minimum Gasteiger partial charge on any atom is -0.394 e. The predicted octanol–water partition coefficient (Wildman–Crippen LogP) is -8.58. The Bertz CT molecular complexity index is 908. The van der Waals surface area contributed by atoms with Crippen LogP contribution in [0.1, 0.15) is 12.8 Å². The summed E-state index contributed by atoms with van der Waals surface area (Å²) in [5.41, 5.74) is 23.9. The van der Waals surface area contributed by atoms with Gasteiger partial charge in [0.15, 0.2) is 6.29 Å². The van der Waals surface area contributed by atoms with Crippen LogP contribution >= 0.6 is 0 Å². The number of ether oxygens (including phenoxy) is 3. The highest BCUT2D eigenvalue weighted by Gasteiger charge is 2.56. The molecule has 250 valence electrons. The van der Waals surface area contributed by atoms with E-state index < -0.39 is 110 Å². The van der Waals surface area contributed by atoms with E-state index in [2.05, 4.69) is 16.0 Å². The molecule has 0 aromatic rings. The van der Waals surface area contributed by atoms with Crippen LogP contribution in [0.25, 0.3) is 0 Å². The SMILES string of the molecule is NCCC(O)C(=O)NC1CC(N)C(C2OC(CN)C(O)C(O)C2NC2CNC2)C(O)C1OC1OC(CO)C(O)C(N)C1O. The Morgan fingerprint density at radius 1 is 0.977 bits per heavy atom. The van der Waals surface area contributed by atoms with Crippen molar-refractivity contribution in [3.8, 4) is 0 Å². The van der Waals surface area contributed by atoms with E-state index in [0.717, 1.165) is 0 Å². The van der Waals surface area contributed by atoms with Crippen molar-refractivity contribution in [2.75, 3.05) is 32.8 Å². The minimum atomic E-state index is -1.59. The summed E-state index contributed by atoms with van der Waals surface area (Å²) in [7, 11) is 0. The lowest BCUT2D eigenvalue weighted by molar-refractivity contribution is -0.308. The highest BCUT2D eigenvalue weighted by molar-refractivity contribution is 5.80. The summed E-state index contributed by atoms with van der Waals surface area (Å²) in [6.45, 7) is 0.465. The number of nitrogens with one attached hydrogen (secondary N) is 3. The number of nitrogens with two attached hydrogens (primary N) is 4. The van der Waals surface area contributed by atoms with Gasteiger partial charge < -0.3 is 88.8 Å². The van der Waals surface area contributed by atoms with E-state index in [1.807, 2.05) is 0 Å². The summed E-state index contributed by atoms with van der Waals surface area (Å²) in [4.78, 5) is 12.8. The lowest BCUT2D eigenvalue weighted by atomic mass is 9.71. The van der Waals surface area contributed by atoms with Crippen molar-refractivity contribution in [3.05, 3.63) is 0 Å². The van der Waals surface area contributed by atoms with Gasteiger partial charge in [-0.3, -0.25) is 4.79 Å². The van der Waals surface area contributed by atoms with Crippen LogP contribution in [0.2, 0.25) is 0 Å². The van der Waals surface area contributed by atoms with Gasteiger partial charge in [-0.2, -0.15) is 0 Å². The number of hydrogen-bond donors (Lipinski definition) is 14. The van der Waals surface area contributed by atoms with Crippen molar-refractivity contribution in [1.29, 1.82) is 0 Å². The van der Waals surface area contributed by atoms with E-state index >= 15 is 0 Å². The average Bonchev–Trinajstić information content (AvgIpc) is 2.95. The number of amides is 1. The van der Waals surface area contributed by atoms with Gasteiger partial charge in [-0.15, -0.1) is 0 Å². The van der Waals surface area contributed by atoms with Gasteiger partial charge in [0.05, 0.1) is 43.0 Å². The fraction of sp³-hybridized carbons (Fsp3) is 0.960. The van der Waals surface area contributed by atoms with Gasteiger partial charge in [-0.05, 0) is 19.4 Å². The molecule has 16 atom stereocenters. The molecule has 0 aromatic carbocycles. The molecule has 3 aliphatic heterocycles. The van der Waals surface area contributed by atoms with Crippen molar-refractivity contribution in [1.82, 2.24) is 16.0 Å². The quantitative estimate of drug-likeness (QED) is 0.102. The molecular formula is C25H49N7O11. The Balaban J connectivity index is 1.64. The number of aliphatic hydroxyl groups excluding tert-OH is 7. The summed E-state index contributed by atoms with van der Waals surface area (Å²) in [5.74, 6) is -1.76. The zero-order valence-corrected chi connectivity index (χ0v) is 23.8. The summed E-state index contributed by atoms with van der Waals surface area (Å²) in [6, 6.07) is -4.11. The maximum Gasteiger partial charge on any atom is 0.249 e. The van der Waals surface area contributed by atoms with Crippen LogP contribution in [0.15, 0.2) is 0 Å². The van der Waals surface area contributed by atoms with E-state index in [1.165, 1.54) is 0 Å². The van der Waals surface area contributed by atoms with E-state index in [0.29, 0.717) is 13.1 Å². The molecule has 18 heteroatoms. The Kier molecular flexibility index (Phi) is 12.1. The lowest BCUT2D eigenvalue weighted by Gasteiger charge is -2.53. The number of hydrogen-bond acceptors (Lipinski definition) is 17. The standard InChI is InChI=1S/C25H49N7O11/c26-2-1-11(34)24(40)32-10-3-9(28)14(19(37)22(10)43-25-20(38)15(29)17(35)13(7-33)42-25)23-16(31-8-5-30-6-8)21(39)18(36)12(4-27)41-23/h8-23,25,30-31,33-39H,1-7,26-29H2,(H,32,40). The van der Waals surface area contributed by atoms with E-state index in [9.17, 15) is 40.5 Å². The van der Waals surface area contributed by atoms with Gasteiger partial charge in [-0.1, -0.05) is 0 Å². The lowest BCUT2D eigenvalue weighted by Crippen LogP contribution is -2.74. The first-order valence-corrected chi connectivity index (χ1v) is 14.8. The van der Waals surface area contributed by atoms with Gasteiger partial charge in [0.1, 0.15) is 42.7 Å². The molecule has 0 radical (unpaired) electrons. The predicted molar refractivity (Wildman–Crippen MR) is 148 cm³/mol. The molecule has 0 aromatic heterocycles. The van der Waals surface area contributed by atoms with Crippen molar-refractivity contribution in [2.45, 2.75) is 110 Å². The molecule has 4 rings (SSSR count). The fourth-order valence-electron chi connectivity index (χ4n) is 6.39. The van der Waals surface area contributed by atoms with Crippen LogP contribution in [0.4, 0.5) is 0 Å². The Morgan fingerprint density at radius 3 is 2.26 bits per heavy atom. The largest absolute Gasteiger partial charge is 0.394 e. The molecule has 4 fully saturated rings. The maximum absolute atomic E-state index is 12.8. The maximum atomic E-state index is 12.8. The van der Waals surface area contributed by atoms with E-state index in [1.54, 1.807) is 0 Å².